The summed E-state index contributed by atoms with van der Waals surface area (Å²) in [6, 6.07) is 9.61. The van der Waals surface area contributed by atoms with E-state index in [0.717, 1.165) is 27.7 Å². The maximum absolute atomic E-state index is 6.05. The molecule has 0 bridgehead atoms. The number of nitrogens with zero attached hydrogens (tertiary/aromatic N) is 3. The second-order valence-corrected chi connectivity index (χ2v) is 6.81. The summed E-state index contributed by atoms with van der Waals surface area (Å²) in [5, 5.41) is 5.55. The molecule has 0 unspecified atom stereocenters. The first-order chi connectivity index (χ1) is 12.7. The van der Waals surface area contributed by atoms with Crippen LogP contribution in [-0.2, 0) is 13.0 Å². The third kappa shape index (κ3) is 3.79. The highest BCUT2D eigenvalue weighted by molar-refractivity contribution is 6.31. The number of nitrogens with one attached hydrogen (secondary N) is 2. The summed E-state index contributed by atoms with van der Waals surface area (Å²) in [4.78, 5) is 16.2. The molecule has 0 radical (unpaired) electrons. The molecule has 3 heterocycles. The van der Waals surface area contributed by atoms with E-state index < -0.39 is 0 Å². The zero-order valence-corrected chi connectivity index (χ0v) is 15.2. The van der Waals surface area contributed by atoms with Crippen LogP contribution in [0.5, 0.6) is 0 Å². The lowest BCUT2D eigenvalue weighted by atomic mass is 10.1. The molecule has 0 saturated carbocycles. The van der Waals surface area contributed by atoms with E-state index in [4.69, 9.17) is 23.2 Å². The molecule has 130 valence electrons. The lowest BCUT2D eigenvalue weighted by Crippen LogP contribution is -2.04. The highest BCUT2D eigenvalue weighted by Gasteiger charge is 2.07. The number of fused-ring (bicyclic) bond motifs is 1. The van der Waals surface area contributed by atoms with Crippen LogP contribution in [0.4, 0.5) is 5.95 Å². The average molecular weight is 384 g/mol. The Balaban J connectivity index is 1.44. The van der Waals surface area contributed by atoms with Gasteiger partial charge in [-0.3, -0.25) is 0 Å². The molecule has 0 spiro atoms. The predicted octanol–water partition coefficient (Wildman–Crippen LogP) is 4.86. The van der Waals surface area contributed by atoms with E-state index in [1.165, 1.54) is 0 Å². The molecule has 0 aliphatic carbocycles. The summed E-state index contributed by atoms with van der Waals surface area (Å²) < 4.78 is 0. The Labute approximate surface area is 160 Å². The summed E-state index contributed by atoms with van der Waals surface area (Å²) in [6.07, 6.45) is 7.93. The molecule has 0 saturated heterocycles. The van der Waals surface area contributed by atoms with Gasteiger partial charge in [-0.1, -0.05) is 35.3 Å². The van der Waals surface area contributed by atoms with E-state index >= 15 is 0 Å². The second-order valence-electron chi connectivity index (χ2n) is 5.94. The fourth-order valence-electron chi connectivity index (χ4n) is 2.76. The van der Waals surface area contributed by atoms with Crippen LogP contribution >= 0.6 is 23.2 Å². The van der Waals surface area contributed by atoms with Gasteiger partial charge in [0.2, 0.25) is 5.95 Å². The molecule has 4 rings (SSSR count). The SMILES string of the molecule is Clc1cccc(CNc2ncc(Cc3c[nH]c4ncc(Cl)cc34)cn2)c1. The first-order valence-electron chi connectivity index (χ1n) is 8.08. The van der Waals surface area contributed by atoms with Crippen LogP contribution < -0.4 is 5.32 Å². The molecule has 4 aromatic rings. The van der Waals surface area contributed by atoms with Crippen molar-refractivity contribution in [1.29, 1.82) is 0 Å². The van der Waals surface area contributed by atoms with Crippen molar-refractivity contribution in [3.05, 3.63) is 81.9 Å². The maximum atomic E-state index is 6.05. The van der Waals surface area contributed by atoms with Crippen LogP contribution in [0.3, 0.4) is 0 Å². The van der Waals surface area contributed by atoms with Gasteiger partial charge in [0, 0.05) is 48.2 Å². The molecule has 2 N–H and O–H groups in total. The number of hydrogen-bond acceptors (Lipinski definition) is 4. The number of aromatic nitrogens is 4. The fraction of sp³-hybridized carbons (Fsp3) is 0.105. The third-order valence-electron chi connectivity index (χ3n) is 4.02. The van der Waals surface area contributed by atoms with Crippen molar-refractivity contribution in [3.8, 4) is 0 Å². The minimum absolute atomic E-state index is 0.581. The van der Waals surface area contributed by atoms with Crippen molar-refractivity contribution >= 4 is 40.2 Å². The van der Waals surface area contributed by atoms with Crippen molar-refractivity contribution in [2.24, 2.45) is 0 Å². The molecule has 1 aromatic carbocycles. The zero-order valence-electron chi connectivity index (χ0n) is 13.7. The molecule has 0 fully saturated rings. The van der Waals surface area contributed by atoms with Gasteiger partial charge in [0.1, 0.15) is 5.65 Å². The van der Waals surface area contributed by atoms with Gasteiger partial charge in [-0.05, 0) is 34.9 Å². The monoisotopic (exact) mass is 383 g/mol. The van der Waals surface area contributed by atoms with Gasteiger partial charge in [0.25, 0.3) is 0 Å². The average Bonchev–Trinajstić information content (AvgIpc) is 3.03. The quantitative estimate of drug-likeness (QED) is 0.516. The van der Waals surface area contributed by atoms with Gasteiger partial charge < -0.3 is 10.3 Å². The van der Waals surface area contributed by atoms with Crippen molar-refractivity contribution in [2.45, 2.75) is 13.0 Å². The van der Waals surface area contributed by atoms with E-state index in [1.807, 2.05) is 48.9 Å². The van der Waals surface area contributed by atoms with Gasteiger partial charge >= 0.3 is 0 Å². The number of anilines is 1. The Bertz CT molecular complexity index is 1040. The molecule has 26 heavy (non-hydrogen) atoms. The molecule has 0 atom stereocenters. The minimum atomic E-state index is 0.581. The standard InChI is InChI=1S/C19H15Cl2N5/c20-15-3-1-2-12(5-15)7-24-19-25-8-13(9-26-19)4-14-10-22-18-17(14)6-16(21)11-23-18/h1-3,5-6,8-11H,4,7H2,(H,22,23)(H,24,25,26). The third-order valence-corrected chi connectivity index (χ3v) is 4.46. The summed E-state index contributed by atoms with van der Waals surface area (Å²) in [7, 11) is 0. The number of rotatable bonds is 5. The van der Waals surface area contributed by atoms with Crippen LogP contribution in [0.2, 0.25) is 10.0 Å². The molecule has 0 aliphatic rings. The van der Waals surface area contributed by atoms with E-state index in [2.05, 4.69) is 25.3 Å². The lowest BCUT2D eigenvalue weighted by Gasteiger charge is -2.06. The molecule has 7 heteroatoms. The fourth-order valence-corrected chi connectivity index (χ4v) is 3.13. The summed E-state index contributed by atoms with van der Waals surface area (Å²) >= 11 is 12.0. The topological polar surface area (TPSA) is 66.5 Å². The Kier molecular flexibility index (Phi) is 4.73. The van der Waals surface area contributed by atoms with E-state index in [1.54, 1.807) is 6.20 Å². The number of aromatic amines is 1. The van der Waals surface area contributed by atoms with Gasteiger partial charge in [0.05, 0.1) is 5.02 Å². The number of H-pyrrole nitrogens is 1. The second kappa shape index (κ2) is 7.32. The number of pyridine rings is 1. The van der Waals surface area contributed by atoms with Crippen LogP contribution in [0, 0.1) is 0 Å². The normalized spacial score (nSPS) is 11.0. The number of halogens is 2. The van der Waals surface area contributed by atoms with Crippen molar-refractivity contribution < 1.29 is 0 Å². The molecular weight excluding hydrogens is 369 g/mol. The highest BCUT2D eigenvalue weighted by Crippen LogP contribution is 2.22. The van der Waals surface area contributed by atoms with Gasteiger partial charge in [-0.2, -0.15) is 0 Å². The van der Waals surface area contributed by atoms with Crippen LogP contribution in [-0.4, -0.2) is 19.9 Å². The Morgan fingerprint density at radius 2 is 1.77 bits per heavy atom. The minimum Gasteiger partial charge on any atom is -0.350 e. The Morgan fingerprint density at radius 3 is 2.58 bits per heavy atom. The maximum Gasteiger partial charge on any atom is 0.222 e. The van der Waals surface area contributed by atoms with Gasteiger partial charge in [-0.25, -0.2) is 15.0 Å². The lowest BCUT2D eigenvalue weighted by molar-refractivity contribution is 1.02. The number of hydrogen-bond donors (Lipinski definition) is 2. The predicted molar refractivity (Wildman–Crippen MR) is 105 cm³/mol. The molecule has 5 nitrogen and oxygen atoms in total. The van der Waals surface area contributed by atoms with E-state index in [9.17, 15) is 0 Å². The molecule has 3 aromatic heterocycles. The van der Waals surface area contributed by atoms with Gasteiger partial charge in [0.15, 0.2) is 0 Å². The molecule has 0 aliphatic heterocycles. The van der Waals surface area contributed by atoms with Crippen LogP contribution in [0.15, 0.2) is 55.1 Å². The largest absolute Gasteiger partial charge is 0.350 e. The van der Waals surface area contributed by atoms with Gasteiger partial charge in [-0.15, -0.1) is 0 Å². The van der Waals surface area contributed by atoms with Crippen LogP contribution in [0.25, 0.3) is 11.0 Å². The van der Waals surface area contributed by atoms with Crippen molar-refractivity contribution in [2.75, 3.05) is 5.32 Å². The van der Waals surface area contributed by atoms with Crippen LogP contribution in [0.1, 0.15) is 16.7 Å². The van der Waals surface area contributed by atoms with E-state index in [-0.39, 0.29) is 0 Å². The first kappa shape index (κ1) is 16.8. The van der Waals surface area contributed by atoms with Crippen molar-refractivity contribution in [1.82, 2.24) is 19.9 Å². The first-order valence-corrected chi connectivity index (χ1v) is 8.84. The Morgan fingerprint density at radius 1 is 0.923 bits per heavy atom. The number of benzene rings is 1. The van der Waals surface area contributed by atoms with Crippen molar-refractivity contribution in [3.63, 3.8) is 0 Å². The Hall–Kier alpha value is -2.63. The summed E-state index contributed by atoms with van der Waals surface area (Å²) in [5.74, 6) is 0.581. The molecule has 0 amide bonds. The summed E-state index contributed by atoms with van der Waals surface area (Å²) in [6.45, 7) is 0.618. The molecular formula is C19H15Cl2N5. The zero-order chi connectivity index (χ0) is 17.9. The smallest absolute Gasteiger partial charge is 0.222 e. The van der Waals surface area contributed by atoms with E-state index in [0.29, 0.717) is 29.0 Å². The highest BCUT2D eigenvalue weighted by atomic mass is 35.5. The summed E-state index contributed by atoms with van der Waals surface area (Å²) in [5.41, 5.74) is 4.02.